The summed E-state index contributed by atoms with van der Waals surface area (Å²) in [5.74, 6) is -2.32. The van der Waals surface area contributed by atoms with E-state index in [4.69, 9.17) is 18.6 Å². The molecule has 0 amide bonds. The molecule has 3 aliphatic carbocycles. The summed E-state index contributed by atoms with van der Waals surface area (Å²) in [4.78, 5) is 40.3. The topological polar surface area (TPSA) is 92.0 Å². The van der Waals surface area contributed by atoms with Crippen molar-refractivity contribution in [3.8, 4) is 0 Å². The van der Waals surface area contributed by atoms with Gasteiger partial charge in [-0.25, -0.2) is 0 Å². The largest absolute Gasteiger partial charge is 0.469 e. The lowest BCUT2D eigenvalue weighted by Crippen LogP contribution is -2.67. The maximum Gasteiger partial charge on any atom is 0.316 e. The van der Waals surface area contributed by atoms with Crippen molar-refractivity contribution in [3.63, 3.8) is 0 Å². The highest BCUT2D eigenvalue weighted by Gasteiger charge is 2.79. The number of halogens is 1. The summed E-state index contributed by atoms with van der Waals surface area (Å²) >= 11 is 3.50. The molecule has 1 aromatic rings. The monoisotopic (exact) mass is 530 g/mol. The summed E-state index contributed by atoms with van der Waals surface area (Å²) in [6, 6.07) is 1.94. The average molecular weight is 531 g/mol. The third-order valence-electron chi connectivity index (χ3n) is 9.57. The molecular formula is C26H27BrO7. The number of ether oxygens (including phenoxy) is 3. The van der Waals surface area contributed by atoms with E-state index in [1.54, 1.807) is 19.3 Å². The number of carbonyl (C=O) groups is 3. The van der Waals surface area contributed by atoms with Crippen LogP contribution in [-0.2, 0) is 28.6 Å². The number of ketones is 1. The molecule has 2 saturated heterocycles. The molecule has 7 nitrogen and oxygen atoms in total. The lowest BCUT2D eigenvalue weighted by molar-refractivity contribution is -0.199. The summed E-state index contributed by atoms with van der Waals surface area (Å²) in [5, 5.41) is 0. The highest BCUT2D eigenvalue weighted by atomic mass is 79.9. The van der Waals surface area contributed by atoms with Gasteiger partial charge in [0, 0.05) is 22.8 Å². The molecule has 180 valence electrons. The fraction of sp³-hybridized carbons (Fsp3) is 0.577. The van der Waals surface area contributed by atoms with Gasteiger partial charge in [-0.05, 0) is 53.9 Å². The maximum atomic E-state index is 13.6. The Balaban J connectivity index is 1.60. The van der Waals surface area contributed by atoms with E-state index in [9.17, 15) is 14.4 Å². The van der Waals surface area contributed by atoms with Gasteiger partial charge >= 0.3 is 11.9 Å². The van der Waals surface area contributed by atoms with E-state index in [1.165, 1.54) is 13.2 Å². The lowest BCUT2D eigenvalue weighted by Gasteiger charge is -2.57. The summed E-state index contributed by atoms with van der Waals surface area (Å²) in [6.45, 7) is 7.65. The van der Waals surface area contributed by atoms with Crippen LogP contribution in [0.4, 0.5) is 0 Å². The first-order chi connectivity index (χ1) is 16.0. The Labute approximate surface area is 206 Å². The number of methoxy groups -OCH3 is 1. The highest BCUT2D eigenvalue weighted by molar-refractivity contribution is 9.10. The third kappa shape index (κ3) is 2.30. The smallest absolute Gasteiger partial charge is 0.316 e. The van der Waals surface area contributed by atoms with Gasteiger partial charge in [0.15, 0.2) is 10.5 Å². The van der Waals surface area contributed by atoms with Crippen LogP contribution < -0.4 is 0 Å². The zero-order valence-corrected chi connectivity index (χ0v) is 21.3. The molecular weight excluding hydrogens is 504 g/mol. The maximum absolute atomic E-state index is 13.6. The molecule has 6 rings (SSSR count). The second-order valence-corrected chi connectivity index (χ2v) is 11.6. The van der Waals surface area contributed by atoms with Gasteiger partial charge < -0.3 is 18.6 Å². The van der Waals surface area contributed by atoms with E-state index in [0.29, 0.717) is 11.1 Å². The predicted octanol–water partition coefficient (Wildman–Crippen LogP) is 4.12. The molecule has 0 spiro atoms. The minimum absolute atomic E-state index is 0.0491. The molecule has 1 aromatic heterocycles. The molecule has 5 aliphatic rings. The first-order valence-electron chi connectivity index (χ1n) is 11.6. The number of hydrogen-bond donors (Lipinski definition) is 0. The van der Waals surface area contributed by atoms with Gasteiger partial charge in [-0.2, -0.15) is 0 Å². The molecule has 0 radical (unpaired) electrons. The number of fused-ring (bicyclic) bond motifs is 4. The Morgan fingerprint density at radius 3 is 2.59 bits per heavy atom. The summed E-state index contributed by atoms with van der Waals surface area (Å²) in [5.41, 5.74) is 0.0641. The molecule has 0 bridgehead atoms. The second-order valence-electron chi connectivity index (χ2n) is 10.9. The van der Waals surface area contributed by atoms with E-state index in [2.05, 4.69) is 22.9 Å². The highest BCUT2D eigenvalue weighted by Crippen LogP contribution is 2.71. The molecule has 8 heteroatoms. The summed E-state index contributed by atoms with van der Waals surface area (Å²) < 4.78 is 24.2. The van der Waals surface area contributed by atoms with Gasteiger partial charge in [0.2, 0.25) is 0 Å². The number of hydrogen-bond acceptors (Lipinski definition) is 7. The van der Waals surface area contributed by atoms with Gasteiger partial charge in [-0.15, -0.1) is 0 Å². The average Bonchev–Trinajstić information content (AvgIpc) is 3.49. The molecule has 2 aliphatic heterocycles. The molecule has 34 heavy (non-hydrogen) atoms. The number of allylic oxidation sites excluding steroid dienone is 2. The number of furan rings is 1. The molecule has 0 unspecified atom stereocenters. The first kappa shape index (κ1) is 22.3. The quantitative estimate of drug-likeness (QED) is 0.419. The Morgan fingerprint density at radius 1 is 1.21 bits per heavy atom. The van der Waals surface area contributed by atoms with E-state index in [-0.39, 0.29) is 23.8 Å². The van der Waals surface area contributed by atoms with E-state index in [0.717, 1.165) is 16.7 Å². The Morgan fingerprint density at radius 2 is 1.94 bits per heavy atom. The van der Waals surface area contributed by atoms with Gasteiger partial charge in [-0.3, -0.25) is 14.4 Å². The Bertz CT molecular complexity index is 1210. The molecule has 3 fully saturated rings. The number of esters is 2. The van der Waals surface area contributed by atoms with Crippen molar-refractivity contribution >= 4 is 33.7 Å². The van der Waals surface area contributed by atoms with Crippen molar-refractivity contribution in [1.29, 1.82) is 0 Å². The second kappa shape index (κ2) is 6.72. The Hall–Kier alpha value is -2.19. The van der Waals surface area contributed by atoms with Crippen LogP contribution >= 0.6 is 15.9 Å². The zero-order valence-electron chi connectivity index (χ0n) is 19.7. The van der Waals surface area contributed by atoms with Crippen molar-refractivity contribution in [2.24, 2.45) is 28.1 Å². The number of carbonyl (C=O) groups excluding carboxylic acids is 3. The molecule has 3 heterocycles. The minimum Gasteiger partial charge on any atom is -0.469 e. The molecule has 1 saturated carbocycles. The molecule has 0 aromatic carbocycles. The standard InChI is InChI=1S/C26H27BrO7/c1-11-13(12-7-9-32-21(12)27)10-14-16(11)26(4)19(22(29)31-5)25(3)15(28)6-8-24(2)18(25)17(20(26)33-14)34-23(24)30/h6-9,13-14,17-20H,10H2,1-5H3/t13-,14-,17-,18+,19-,20-,24-,25+,26+/m1/s1. The molecule has 9 atom stereocenters. The van der Waals surface area contributed by atoms with Crippen LogP contribution in [0.5, 0.6) is 0 Å². The van der Waals surface area contributed by atoms with E-state index >= 15 is 0 Å². The fourth-order valence-electron chi connectivity index (χ4n) is 8.26. The van der Waals surface area contributed by atoms with Crippen LogP contribution in [0.1, 0.15) is 45.6 Å². The SMILES string of the molecule is COC(=O)[C@H]1[C@]2(C)C3=C(C)[C@H](c4ccoc4Br)C[C@H]3O[C@@H]2[C@@H]2OC(=O)[C@]3(C)C=CC(=O)[C@@]1(C)[C@@H]23. The first-order valence-corrected chi connectivity index (χ1v) is 12.4. The van der Waals surface area contributed by atoms with Crippen molar-refractivity contribution in [2.75, 3.05) is 7.11 Å². The van der Waals surface area contributed by atoms with Gasteiger partial charge in [-0.1, -0.05) is 25.5 Å². The Kier molecular flexibility index (Phi) is 4.41. The minimum atomic E-state index is -1.18. The normalized spacial score (nSPS) is 46.3. The van der Waals surface area contributed by atoms with Crippen LogP contribution in [0, 0.1) is 28.1 Å². The van der Waals surface area contributed by atoms with Crippen LogP contribution in [0.2, 0.25) is 0 Å². The fourth-order valence-corrected chi connectivity index (χ4v) is 8.78. The van der Waals surface area contributed by atoms with Crippen LogP contribution in [-0.4, -0.2) is 43.1 Å². The molecule has 0 N–H and O–H groups in total. The van der Waals surface area contributed by atoms with Crippen molar-refractivity contribution in [3.05, 3.63) is 45.9 Å². The van der Waals surface area contributed by atoms with E-state index < -0.39 is 46.3 Å². The zero-order chi connectivity index (χ0) is 24.4. The summed E-state index contributed by atoms with van der Waals surface area (Å²) in [7, 11) is 1.35. The van der Waals surface area contributed by atoms with Crippen molar-refractivity contribution < 1.29 is 33.0 Å². The van der Waals surface area contributed by atoms with Gasteiger partial charge in [0.05, 0.1) is 36.2 Å². The van der Waals surface area contributed by atoms with Gasteiger partial charge in [0.1, 0.15) is 12.2 Å². The van der Waals surface area contributed by atoms with E-state index in [1.807, 2.05) is 19.9 Å². The number of rotatable bonds is 2. The van der Waals surface area contributed by atoms with Crippen LogP contribution in [0.25, 0.3) is 0 Å². The van der Waals surface area contributed by atoms with Crippen LogP contribution in [0.3, 0.4) is 0 Å². The van der Waals surface area contributed by atoms with Crippen molar-refractivity contribution in [2.45, 2.75) is 58.3 Å². The van der Waals surface area contributed by atoms with Gasteiger partial charge in [0.25, 0.3) is 0 Å². The summed E-state index contributed by atoms with van der Waals surface area (Å²) in [6.07, 6.45) is 3.99. The van der Waals surface area contributed by atoms with Crippen LogP contribution in [0.15, 0.2) is 44.7 Å². The lowest BCUT2D eigenvalue weighted by atomic mass is 9.42. The predicted molar refractivity (Wildman–Crippen MR) is 122 cm³/mol. The van der Waals surface area contributed by atoms with Crippen molar-refractivity contribution in [1.82, 2.24) is 0 Å². The third-order valence-corrected chi connectivity index (χ3v) is 10.2.